The number of aryl methyl sites for hydroxylation is 2. The molecule has 154 valence electrons. The summed E-state index contributed by atoms with van der Waals surface area (Å²) >= 11 is 0. The third kappa shape index (κ3) is 4.87. The summed E-state index contributed by atoms with van der Waals surface area (Å²) in [4.78, 5) is 24.0. The lowest BCUT2D eigenvalue weighted by Gasteiger charge is -2.10. The second-order valence-corrected chi connectivity index (χ2v) is 7.33. The van der Waals surface area contributed by atoms with Crippen LogP contribution in [0.5, 0.6) is 0 Å². The van der Waals surface area contributed by atoms with Crippen LogP contribution >= 0.6 is 0 Å². The largest absolute Gasteiger partial charge is 0.355 e. The molecule has 5 nitrogen and oxygen atoms in total. The van der Waals surface area contributed by atoms with Crippen LogP contribution in [-0.4, -0.2) is 23.4 Å². The van der Waals surface area contributed by atoms with E-state index in [9.17, 15) is 9.59 Å². The Morgan fingerprint density at radius 1 is 1.00 bits per heavy atom. The first-order valence-electron chi connectivity index (χ1n) is 9.92. The van der Waals surface area contributed by atoms with Crippen molar-refractivity contribution in [1.29, 1.82) is 0 Å². The highest BCUT2D eigenvalue weighted by atomic mass is 16.2. The molecule has 2 aromatic carbocycles. The molecule has 0 aliphatic carbocycles. The van der Waals surface area contributed by atoms with Gasteiger partial charge in [0, 0.05) is 42.3 Å². The lowest BCUT2D eigenvalue weighted by molar-refractivity contribution is -0.116. The van der Waals surface area contributed by atoms with Crippen LogP contribution in [0.1, 0.15) is 38.4 Å². The summed E-state index contributed by atoms with van der Waals surface area (Å²) in [5.74, 6) is -0.326. The Kier molecular flexibility index (Phi) is 6.52. The van der Waals surface area contributed by atoms with Crippen molar-refractivity contribution in [3.63, 3.8) is 0 Å². The molecule has 2 amide bonds. The molecule has 0 saturated carbocycles. The van der Waals surface area contributed by atoms with E-state index in [4.69, 9.17) is 0 Å². The first-order valence-corrected chi connectivity index (χ1v) is 9.92. The predicted octanol–water partition coefficient (Wildman–Crippen LogP) is 4.09. The summed E-state index contributed by atoms with van der Waals surface area (Å²) < 4.78 is 2.18. The second kappa shape index (κ2) is 9.27. The zero-order valence-corrected chi connectivity index (χ0v) is 17.8. The van der Waals surface area contributed by atoms with Crippen molar-refractivity contribution in [1.82, 2.24) is 15.2 Å². The van der Waals surface area contributed by atoms with Gasteiger partial charge in [-0.05, 0) is 68.3 Å². The van der Waals surface area contributed by atoms with Crippen molar-refractivity contribution in [3.8, 4) is 5.69 Å². The Labute approximate surface area is 177 Å². The molecule has 0 saturated heterocycles. The van der Waals surface area contributed by atoms with Crippen LogP contribution in [0.2, 0.25) is 0 Å². The zero-order valence-electron chi connectivity index (χ0n) is 17.8. The minimum atomic E-state index is -0.180. The highest BCUT2D eigenvalue weighted by Crippen LogP contribution is 2.22. The average molecular weight is 402 g/mol. The van der Waals surface area contributed by atoms with Gasteiger partial charge in [0.2, 0.25) is 5.91 Å². The molecule has 5 heteroatoms. The van der Waals surface area contributed by atoms with Crippen molar-refractivity contribution in [3.05, 3.63) is 94.3 Å². The van der Waals surface area contributed by atoms with Crippen LogP contribution in [0.15, 0.2) is 60.7 Å². The number of hydrogen-bond donors (Lipinski definition) is 2. The van der Waals surface area contributed by atoms with E-state index in [0.717, 1.165) is 28.2 Å². The van der Waals surface area contributed by atoms with E-state index in [-0.39, 0.29) is 11.8 Å². The molecule has 0 aliphatic heterocycles. The lowest BCUT2D eigenvalue weighted by atomic mass is 10.1. The number of carbonyl (C=O) groups is 2. The van der Waals surface area contributed by atoms with Crippen molar-refractivity contribution >= 4 is 17.9 Å². The number of aromatic nitrogens is 1. The fourth-order valence-corrected chi connectivity index (χ4v) is 3.43. The molecule has 1 aromatic heterocycles. The molecule has 0 radical (unpaired) electrons. The van der Waals surface area contributed by atoms with E-state index < -0.39 is 0 Å². The van der Waals surface area contributed by atoms with Gasteiger partial charge in [-0.2, -0.15) is 0 Å². The molecule has 0 spiro atoms. The van der Waals surface area contributed by atoms with Gasteiger partial charge >= 0.3 is 0 Å². The minimum Gasteiger partial charge on any atom is -0.355 e. The molecule has 2 N–H and O–H groups in total. The molecule has 0 unspecified atom stereocenters. The quantitative estimate of drug-likeness (QED) is 0.611. The second-order valence-electron chi connectivity index (χ2n) is 7.33. The summed E-state index contributed by atoms with van der Waals surface area (Å²) in [6, 6.07) is 17.7. The molecular formula is C25H27N3O2. The third-order valence-electron chi connectivity index (χ3n) is 5.06. The average Bonchev–Trinajstić information content (AvgIpc) is 3.04. The molecule has 0 aliphatic rings. The van der Waals surface area contributed by atoms with Gasteiger partial charge in [-0.1, -0.05) is 29.8 Å². The number of benzene rings is 2. The monoisotopic (exact) mass is 401 g/mol. The maximum Gasteiger partial charge on any atom is 0.251 e. The molecule has 1 heterocycles. The molecule has 3 aromatic rings. The molecule has 3 rings (SSSR count). The zero-order chi connectivity index (χ0) is 21.7. The van der Waals surface area contributed by atoms with Crippen LogP contribution in [0.3, 0.4) is 0 Å². The van der Waals surface area contributed by atoms with Crippen LogP contribution in [-0.2, 0) is 11.3 Å². The fraction of sp³-hybridized carbons (Fsp3) is 0.200. The van der Waals surface area contributed by atoms with Gasteiger partial charge in [-0.15, -0.1) is 0 Å². The lowest BCUT2D eigenvalue weighted by Crippen LogP contribution is -2.21. The van der Waals surface area contributed by atoms with Crippen LogP contribution in [0, 0.1) is 20.8 Å². The molecular weight excluding hydrogens is 374 g/mol. The Morgan fingerprint density at radius 2 is 1.73 bits per heavy atom. The van der Waals surface area contributed by atoms with E-state index in [1.807, 2.05) is 18.2 Å². The normalized spacial score (nSPS) is 10.9. The van der Waals surface area contributed by atoms with Gasteiger partial charge in [0.15, 0.2) is 0 Å². The number of carbonyl (C=O) groups excluding carboxylic acids is 2. The van der Waals surface area contributed by atoms with Gasteiger partial charge in [-0.25, -0.2) is 0 Å². The van der Waals surface area contributed by atoms with E-state index in [1.54, 1.807) is 25.3 Å². The molecule has 0 atom stereocenters. The maximum absolute atomic E-state index is 12.3. The highest BCUT2D eigenvalue weighted by molar-refractivity contribution is 5.94. The Balaban J connectivity index is 1.68. The van der Waals surface area contributed by atoms with Crippen molar-refractivity contribution in [2.75, 3.05) is 7.05 Å². The van der Waals surface area contributed by atoms with Gasteiger partial charge in [-0.3, -0.25) is 9.59 Å². The summed E-state index contributed by atoms with van der Waals surface area (Å²) in [5.41, 5.74) is 6.97. The number of nitrogens with one attached hydrogen (secondary N) is 2. The summed E-state index contributed by atoms with van der Waals surface area (Å²) in [5, 5.41) is 5.47. The van der Waals surface area contributed by atoms with Crippen molar-refractivity contribution < 1.29 is 9.59 Å². The van der Waals surface area contributed by atoms with Gasteiger partial charge in [0.25, 0.3) is 5.91 Å². The van der Waals surface area contributed by atoms with Gasteiger partial charge in [0.1, 0.15) is 0 Å². The highest BCUT2D eigenvalue weighted by Gasteiger charge is 2.09. The van der Waals surface area contributed by atoms with E-state index >= 15 is 0 Å². The minimum absolute atomic E-state index is 0.146. The van der Waals surface area contributed by atoms with Crippen molar-refractivity contribution in [2.24, 2.45) is 0 Å². The number of nitrogens with zero attached hydrogens (tertiary/aromatic N) is 1. The van der Waals surface area contributed by atoms with Crippen LogP contribution < -0.4 is 10.6 Å². The summed E-state index contributed by atoms with van der Waals surface area (Å²) in [7, 11) is 1.59. The standard InChI is InChI=1S/C25H27N3O2/c1-17-8-11-23(12-9-17)28-18(2)14-21(19(28)3)10-13-24(29)27-16-20-6-5-7-22(15-20)25(30)26-4/h5-15H,16H2,1-4H3,(H,26,30)(H,27,29)/b13-10+. The summed E-state index contributed by atoms with van der Waals surface area (Å²) in [6.45, 7) is 6.54. The number of rotatable bonds is 6. The Bertz CT molecular complexity index is 1090. The smallest absolute Gasteiger partial charge is 0.251 e. The molecule has 0 bridgehead atoms. The van der Waals surface area contributed by atoms with Crippen molar-refractivity contribution in [2.45, 2.75) is 27.3 Å². The first-order chi connectivity index (χ1) is 14.4. The SMILES string of the molecule is CNC(=O)c1cccc(CNC(=O)/C=C/c2cc(C)n(-c3ccc(C)cc3)c2C)c1. The number of hydrogen-bond acceptors (Lipinski definition) is 2. The summed E-state index contributed by atoms with van der Waals surface area (Å²) in [6.07, 6.45) is 3.38. The molecule has 30 heavy (non-hydrogen) atoms. The fourth-order valence-electron chi connectivity index (χ4n) is 3.43. The van der Waals surface area contributed by atoms with Gasteiger partial charge < -0.3 is 15.2 Å². The first kappa shape index (κ1) is 21.1. The van der Waals surface area contributed by atoms with E-state index in [2.05, 4.69) is 66.3 Å². The third-order valence-corrected chi connectivity index (χ3v) is 5.06. The van der Waals surface area contributed by atoms with E-state index in [0.29, 0.717) is 12.1 Å². The van der Waals surface area contributed by atoms with E-state index in [1.165, 1.54) is 5.56 Å². The number of amides is 2. The predicted molar refractivity (Wildman–Crippen MR) is 121 cm³/mol. The van der Waals surface area contributed by atoms with Crippen LogP contribution in [0.25, 0.3) is 11.8 Å². The maximum atomic E-state index is 12.3. The van der Waals surface area contributed by atoms with Crippen LogP contribution in [0.4, 0.5) is 0 Å². The Morgan fingerprint density at radius 3 is 2.43 bits per heavy atom. The topological polar surface area (TPSA) is 63.1 Å². The van der Waals surface area contributed by atoms with Gasteiger partial charge in [0.05, 0.1) is 0 Å². The Hall–Kier alpha value is -3.60. The molecule has 0 fully saturated rings.